The van der Waals surface area contributed by atoms with E-state index in [0.29, 0.717) is 24.9 Å². The van der Waals surface area contributed by atoms with Crippen molar-refractivity contribution in [3.05, 3.63) is 66.2 Å². The van der Waals surface area contributed by atoms with Crippen LogP contribution < -0.4 is 4.74 Å². The first-order valence-electron chi connectivity index (χ1n) is 9.11. The molecule has 1 saturated heterocycles. The van der Waals surface area contributed by atoms with Gasteiger partial charge in [0.2, 0.25) is 5.88 Å². The minimum Gasteiger partial charge on any atom is -0.478 e. The minimum atomic E-state index is 0.361. The zero-order valence-electron chi connectivity index (χ0n) is 15.0. The molecule has 1 aliphatic rings. The van der Waals surface area contributed by atoms with Gasteiger partial charge in [-0.3, -0.25) is 0 Å². The number of pyridine rings is 1. The Bertz CT molecular complexity index is 855. The van der Waals surface area contributed by atoms with E-state index >= 15 is 0 Å². The third kappa shape index (κ3) is 3.35. The van der Waals surface area contributed by atoms with Crippen molar-refractivity contribution >= 4 is 0 Å². The monoisotopic (exact) mass is 349 g/mol. The van der Waals surface area contributed by atoms with E-state index in [0.717, 1.165) is 36.5 Å². The summed E-state index contributed by atoms with van der Waals surface area (Å²) in [6.07, 6.45) is 4.72. The fraction of sp³-hybridized carbons (Fsp3) is 0.333. The number of ether oxygens (including phenoxy) is 2. The molecule has 5 nitrogen and oxygen atoms in total. The summed E-state index contributed by atoms with van der Waals surface area (Å²) in [5.41, 5.74) is 4.49. The van der Waals surface area contributed by atoms with Gasteiger partial charge in [-0.05, 0) is 19.4 Å². The van der Waals surface area contributed by atoms with Crippen LogP contribution in [0.15, 0.2) is 55.0 Å². The molecule has 3 aromatic rings. The van der Waals surface area contributed by atoms with Crippen molar-refractivity contribution in [2.75, 3.05) is 19.8 Å². The van der Waals surface area contributed by atoms with Gasteiger partial charge in [0.05, 0.1) is 37.5 Å². The van der Waals surface area contributed by atoms with Crippen LogP contribution in [0, 0.1) is 0 Å². The molecular formula is C21H23N3O2. The lowest BCUT2D eigenvalue weighted by atomic mass is 9.99. The molecule has 26 heavy (non-hydrogen) atoms. The summed E-state index contributed by atoms with van der Waals surface area (Å²) in [6.45, 7) is 4.82. The van der Waals surface area contributed by atoms with Crippen LogP contribution in [0.4, 0.5) is 0 Å². The normalized spacial score (nSPS) is 16.7. The smallest absolute Gasteiger partial charge is 0.218 e. The fourth-order valence-electron chi connectivity index (χ4n) is 3.51. The average Bonchev–Trinajstić information content (AvgIpc) is 3.34. The molecule has 0 aliphatic carbocycles. The fourth-order valence-corrected chi connectivity index (χ4v) is 3.51. The Hall–Kier alpha value is -2.66. The molecule has 134 valence electrons. The Kier molecular flexibility index (Phi) is 4.97. The quantitative estimate of drug-likeness (QED) is 0.677. The molecule has 5 heteroatoms. The maximum atomic E-state index is 5.70. The highest BCUT2D eigenvalue weighted by Crippen LogP contribution is 2.34. The van der Waals surface area contributed by atoms with Crippen molar-refractivity contribution in [1.82, 2.24) is 14.5 Å². The van der Waals surface area contributed by atoms with Crippen LogP contribution in [0.3, 0.4) is 0 Å². The van der Waals surface area contributed by atoms with Gasteiger partial charge in [0, 0.05) is 29.8 Å². The predicted octanol–water partition coefficient (Wildman–Crippen LogP) is 3.90. The minimum absolute atomic E-state index is 0.361. The Labute approximate surface area is 153 Å². The van der Waals surface area contributed by atoms with Gasteiger partial charge in [0.1, 0.15) is 0 Å². The number of benzene rings is 1. The molecule has 0 spiro atoms. The largest absolute Gasteiger partial charge is 0.478 e. The van der Waals surface area contributed by atoms with Gasteiger partial charge in [0.25, 0.3) is 0 Å². The van der Waals surface area contributed by atoms with Crippen LogP contribution in [-0.4, -0.2) is 34.4 Å². The van der Waals surface area contributed by atoms with E-state index in [1.165, 1.54) is 5.69 Å². The molecule has 0 N–H and O–H groups in total. The molecule has 1 aromatic carbocycles. The van der Waals surface area contributed by atoms with E-state index in [9.17, 15) is 0 Å². The van der Waals surface area contributed by atoms with E-state index in [1.807, 2.05) is 25.4 Å². The zero-order chi connectivity index (χ0) is 17.8. The van der Waals surface area contributed by atoms with Crippen molar-refractivity contribution in [2.24, 2.45) is 0 Å². The number of rotatable bonds is 6. The summed E-state index contributed by atoms with van der Waals surface area (Å²) in [6, 6.07) is 14.4. The number of aromatic nitrogens is 3. The number of imidazole rings is 1. The summed E-state index contributed by atoms with van der Waals surface area (Å²) in [5, 5.41) is 0. The van der Waals surface area contributed by atoms with Crippen molar-refractivity contribution in [2.45, 2.75) is 25.8 Å². The maximum Gasteiger partial charge on any atom is 0.218 e. The van der Waals surface area contributed by atoms with Gasteiger partial charge < -0.3 is 14.0 Å². The highest BCUT2D eigenvalue weighted by atomic mass is 16.5. The zero-order valence-corrected chi connectivity index (χ0v) is 15.0. The van der Waals surface area contributed by atoms with Gasteiger partial charge >= 0.3 is 0 Å². The standard InChI is InChI=1S/C21H23N3O2/c1-2-26-21-17(9-6-11-22-21)13-24-15-23-19(16-7-4-3-5-8-16)20(24)18-10-12-25-14-18/h3-9,11,15,18H,2,10,12-14H2,1H3/t18-/m1/s1. The SMILES string of the molecule is CCOc1ncccc1Cn1cnc(-c2ccccc2)c1[C@@H]1CCOC1. The highest BCUT2D eigenvalue weighted by Gasteiger charge is 2.26. The topological polar surface area (TPSA) is 49.2 Å². The molecule has 2 aromatic heterocycles. The number of hydrogen-bond acceptors (Lipinski definition) is 4. The van der Waals surface area contributed by atoms with Crippen LogP contribution >= 0.6 is 0 Å². The third-order valence-corrected chi connectivity index (χ3v) is 4.71. The summed E-state index contributed by atoms with van der Waals surface area (Å²) >= 11 is 0. The van der Waals surface area contributed by atoms with Gasteiger partial charge in [-0.15, -0.1) is 0 Å². The van der Waals surface area contributed by atoms with Crippen molar-refractivity contribution in [3.63, 3.8) is 0 Å². The third-order valence-electron chi connectivity index (χ3n) is 4.71. The first-order valence-corrected chi connectivity index (χ1v) is 9.11. The first kappa shape index (κ1) is 16.8. The molecule has 0 radical (unpaired) electrons. The molecule has 4 rings (SSSR count). The molecule has 0 unspecified atom stereocenters. The van der Waals surface area contributed by atoms with Crippen LogP contribution in [0.2, 0.25) is 0 Å². The summed E-state index contributed by atoms with van der Waals surface area (Å²) in [5.74, 6) is 1.05. The Balaban J connectivity index is 1.74. The molecule has 3 heterocycles. The second-order valence-electron chi connectivity index (χ2n) is 6.43. The van der Waals surface area contributed by atoms with E-state index in [1.54, 1.807) is 6.20 Å². The molecule has 1 aliphatic heterocycles. The van der Waals surface area contributed by atoms with Crippen LogP contribution in [0.5, 0.6) is 5.88 Å². The number of nitrogens with zero attached hydrogens (tertiary/aromatic N) is 3. The molecule has 1 atom stereocenters. The summed E-state index contributed by atoms with van der Waals surface area (Å²) < 4.78 is 13.6. The lowest BCUT2D eigenvalue weighted by molar-refractivity contribution is 0.193. The van der Waals surface area contributed by atoms with Crippen LogP contribution in [-0.2, 0) is 11.3 Å². The molecular weight excluding hydrogens is 326 g/mol. The predicted molar refractivity (Wildman–Crippen MR) is 100 cm³/mol. The van der Waals surface area contributed by atoms with E-state index in [-0.39, 0.29) is 0 Å². The van der Waals surface area contributed by atoms with Crippen molar-refractivity contribution in [1.29, 1.82) is 0 Å². The van der Waals surface area contributed by atoms with Crippen LogP contribution in [0.1, 0.15) is 30.5 Å². The van der Waals surface area contributed by atoms with Gasteiger partial charge in [-0.2, -0.15) is 0 Å². The Morgan fingerprint density at radius 2 is 2.04 bits per heavy atom. The second kappa shape index (κ2) is 7.70. The highest BCUT2D eigenvalue weighted by molar-refractivity contribution is 5.62. The van der Waals surface area contributed by atoms with E-state index < -0.39 is 0 Å². The molecule has 1 fully saturated rings. The van der Waals surface area contributed by atoms with Gasteiger partial charge in [0.15, 0.2) is 0 Å². The lowest BCUT2D eigenvalue weighted by Gasteiger charge is -2.16. The van der Waals surface area contributed by atoms with E-state index in [4.69, 9.17) is 14.5 Å². The first-order chi connectivity index (χ1) is 12.9. The Morgan fingerprint density at radius 3 is 2.81 bits per heavy atom. The van der Waals surface area contributed by atoms with E-state index in [2.05, 4.69) is 39.9 Å². The van der Waals surface area contributed by atoms with Crippen LogP contribution in [0.25, 0.3) is 11.3 Å². The van der Waals surface area contributed by atoms with Gasteiger partial charge in [-0.25, -0.2) is 9.97 Å². The van der Waals surface area contributed by atoms with Crippen molar-refractivity contribution < 1.29 is 9.47 Å². The second-order valence-corrected chi connectivity index (χ2v) is 6.43. The summed E-state index contributed by atoms with van der Waals surface area (Å²) in [4.78, 5) is 9.13. The number of hydrogen-bond donors (Lipinski definition) is 0. The lowest BCUT2D eigenvalue weighted by Crippen LogP contribution is -2.11. The molecule has 0 bridgehead atoms. The maximum absolute atomic E-state index is 5.70. The molecule has 0 amide bonds. The molecule has 0 saturated carbocycles. The van der Waals surface area contributed by atoms with Crippen molar-refractivity contribution in [3.8, 4) is 17.1 Å². The average molecular weight is 349 g/mol. The summed E-state index contributed by atoms with van der Waals surface area (Å²) in [7, 11) is 0. The van der Waals surface area contributed by atoms with Gasteiger partial charge in [-0.1, -0.05) is 36.4 Å². The Morgan fingerprint density at radius 1 is 1.15 bits per heavy atom.